The fraction of sp³-hybridized carbons (Fsp3) is 0.429. The van der Waals surface area contributed by atoms with Crippen LogP contribution in [0.2, 0.25) is 0 Å². The lowest BCUT2D eigenvalue weighted by molar-refractivity contribution is -0.129. The monoisotopic (exact) mass is 432 g/mol. The summed E-state index contributed by atoms with van der Waals surface area (Å²) in [4.78, 5) is 28.8. The Kier molecular flexibility index (Phi) is 5.48. The molecule has 0 unspecified atom stereocenters. The molecule has 0 radical (unpaired) electrons. The number of hydrogen-bond donors (Lipinski definition) is 1. The molecular formula is C21H24N2O4S2. The Morgan fingerprint density at radius 2 is 1.93 bits per heavy atom. The third-order valence-electron chi connectivity index (χ3n) is 5.66. The van der Waals surface area contributed by atoms with Gasteiger partial charge in [0.2, 0.25) is 11.8 Å². The number of amides is 2. The van der Waals surface area contributed by atoms with Gasteiger partial charge in [0.15, 0.2) is 9.84 Å². The number of nitrogens with zero attached hydrogens (tertiary/aromatic N) is 1. The molecule has 2 aliphatic heterocycles. The van der Waals surface area contributed by atoms with Crippen LogP contribution in [0.4, 0.5) is 5.69 Å². The molecule has 2 aliphatic rings. The van der Waals surface area contributed by atoms with E-state index in [0.717, 1.165) is 16.1 Å². The summed E-state index contributed by atoms with van der Waals surface area (Å²) in [5.41, 5.74) is 1.88. The Morgan fingerprint density at radius 1 is 1.17 bits per heavy atom. The normalized spacial score (nSPS) is 26.4. The number of thiophene rings is 1. The number of anilines is 1. The Hall–Kier alpha value is -2.19. The van der Waals surface area contributed by atoms with Crippen LogP contribution in [0.1, 0.15) is 35.7 Å². The van der Waals surface area contributed by atoms with Crippen LogP contribution < -0.4 is 10.2 Å². The maximum absolute atomic E-state index is 13.2. The first-order valence-electron chi connectivity index (χ1n) is 9.77. The zero-order valence-electron chi connectivity index (χ0n) is 16.2. The Balaban J connectivity index is 1.64. The second kappa shape index (κ2) is 7.91. The predicted molar refractivity (Wildman–Crippen MR) is 114 cm³/mol. The highest BCUT2D eigenvalue weighted by molar-refractivity contribution is 7.91. The van der Waals surface area contributed by atoms with Crippen molar-refractivity contribution in [1.29, 1.82) is 0 Å². The Labute approximate surface area is 174 Å². The quantitative estimate of drug-likeness (QED) is 0.805. The molecule has 3 atom stereocenters. The van der Waals surface area contributed by atoms with Crippen molar-refractivity contribution < 1.29 is 18.0 Å². The van der Waals surface area contributed by atoms with Crippen LogP contribution in [0.25, 0.3) is 0 Å². The fourth-order valence-corrected chi connectivity index (χ4v) is 6.73. The highest BCUT2D eigenvalue weighted by Gasteiger charge is 2.43. The van der Waals surface area contributed by atoms with Gasteiger partial charge in [-0.15, -0.1) is 11.3 Å². The van der Waals surface area contributed by atoms with Crippen molar-refractivity contribution in [3.63, 3.8) is 0 Å². The molecule has 0 spiro atoms. The van der Waals surface area contributed by atoms with Gasteiger partial charge in [-0.05, 0) is 43.3 Å². The highest BCUT2D eigenvalue weighted by atomic mass is 32.2. The molecule has 0 saturated carbocycles. The van der Waals surface area contributed by atoms with Crippen molar-refractivity contribution in [2.45, 2.75) is 38.3 Å². The minimum Gasteiger partial charge on any atom is -0.352 e. The van der Waals surface area contributed by atoms with Crippen LogP contribution in [-0.4, -0.2) is 37.8 Å². The van der Waals surface area contributed by atoms with Gasteiger partial charge in [0, 0.05) is 23.0 Å². The molecule has 8 heteroatoms. The molecule has 1 aromatic carbocycles. The van der Waals surface area contributed by atoms with E-state index in [4.69, 9.17) is 0 Å². The third kappa shape index (κ3) is 4.23. The SMILES string of the molecule is Cc1ccc(N2C(=O)CC[C@H](C(=O)N[C@@H]3CCS(=O)(=O)C3)[C@@H]2c2cccs2)cc1. The summed E-state index contributed by atoms with van der Waals surface area (Å²) in [6.45, 7) is 1.99. The van der Waals surface area contributed by atoms with Crippen LogP contribution in [0.3, 0.4) is 0 Å². The molecule has 1 aromatic heterocycles. The molecule has 6 nitrogen and oxygen atoms in total. The first kappa shape index (κ1) is 20.1. The summed E-state index contributed by atoms with van der Waals surface area (Å²) in [5, 5.41) is 4.89. The van der Waals surface area contributed by atoms with E-state index in [9.17, 15) is 18.0 Å². The van der Waals surface area contributed by atoms with Crippen molar-refractivity contribution in [2.24, 2.45) is 5.92 Å². The van der Waals surface area contributed by atoms with E-state index in [1.165, 1.54) is 11.3 Å². The second-order valence-electron chi connectivity index (χ2n) is 7.81. The molecule has 3 heterocycles. The van der Waals surface area contributed by atoms with E-state index in [2.05, 4.69) is 5.32 Å². The minimum absolute atomic E-state index is 0.000234. The highest BCUT2D eigenvalue weighted by Crippen LogP contribution is 2.41. The van der Waals surface area contributed by atoms with E-state index in [1.54, 1.807) is 4.90 Å². The molecule has 0 aliphatic carbocycles. The van der Waals surface area contributed by atoms with Gasteiger partial charge in [-0.2, -0.15) is 0 Å². The molecular weight excluding hydrogens is 408 g/mol. The lowest BCUT2D eigenvalue weighted by atomic mass is 9.86. The minimum atomic E-state index is -3.07. The van der Waals surface area contributed by atoms with Gasteiger partial charge < -0.3 is 10.2 Å². The number of sulfone groups is 1. The molecule has 1 N–H and O–H groups in total. The number of benzene rings is 1. The summed E-state index contributed by atoms with van der Waals surface area (Å²) < 4.78 is 23.5. The average Bonchev–Trinajstić information content (AvgIpc) is 3.32. The number of carbonyl (C=O) groups is 2. The first-order valence-corrected chi connectivity index (χ1v) is 12.5. The zero-order valence-corrected chi connectivity index (χ0v) is 17.8. The van der Waals surface area contributed by atoms with Crippen molar-refractivity contribution in [3.8, 4) is 0 Å². The summed E-state index contributed by atoms with van der Waals surface area (Å²) in [6.07, 6.45) is 1.19. The van der Waals surface area contributed by atoms with Gasteiger partial charge in [0.05, 0.1) is 23.5 Å². The van der Waals surface area contributed by atoms with Crippen LogP contribution in [-0.2, 0) is 19.4 Å². The van der Waals surface area contributed by atoms with Crippen LogP contribution in [0.5, 0.6) is 0 Å². The molecule has 29 heavy (non-hydrogen) atoms. The predicted octanol–water partition coefficient (Wildman–Crippen LogP) is 2.84. The molecule has 2 amide bonds. The standard InChI is InChI=1S/C21H24N2O4S2/c1-14-4-6-16(7-5-14)23-19(24)9-8-17(20(23)18-3-2-11-28-18)21(25)22-15-10-12-29(26,27)13-15/h2-7,11,15,17,20H,8-10,12-13H2,1H3,(H,22,25)/t15-,17+,20-/m1/s1. The van der Waals surface area contributed by atoms with E-state index < -0.39 is 21.8 Å². The van der Waals surface area contributed by atoms with E-state index in [1.807, 2.05) is 48.7 Å². The fourth-order valence-electron chi connectivity index (χ4n) is 4.18. The number of nitrogens with one attached hydrogen (secondary N) is 1. The number of hydrogen-bond acceptors (Lipinski definition) is 5. The van der Waals surface area contributed by atoms with E-state index in [0.29, 0.717) is 12.8 Å². The lowest BCUT2D eigenvalue weighted by Gasteiger charge is -2.40. The van der Waals surface area contributed by atoms with Gasteiger partial charge >= 0.3 is 0 Å². The van der Waals surface area contributed by atoms with Crippen molar-refractivity contribution in [2.75, 3.05) is 16.4 Å². The lowest BCUT2D eigenvalue weighted by Crippen LogP contribution is -2.50. The maximum Gasteiger partial charge on any atom is 0.227 e. The Bertz CT molecular complexity index is 1000. The number of rotatable bonds is 4. The summed E-state index contributed by atoms with van der Waals surface area (Å²) in [6, 6.07) is 10.9. The van der Waals surface area contributed by atoms with Gasteiger partial charge in [-0.25, -0.2) is 8.42 Å². The summed E-state index contributed by atoms with van der Waals surface area (Å²) >= 11 is 1.53. The molecule has 2 fully saturated rings. The third-order valence-corrected chi connectivity index (χ3v) is 8.37. The number of piperidine rings is 1. The van der Waals surface area contributed by atoms with Crippen LogP contribution >= 0.6 is 11.3 Å². The van der Waals surface area contributed by atoms with Gasteiger partial charge in [-0.3, -0.25) is 9.59 Å². The average molecular weight is 433 g/mol. The van der Waals surface area contributed by atoms with E-state index in [-0.39, 0.29) is 35.8 Å². The topological polar surface area (TPSA) is 83.6 Å². The van der Waals surface area contributed by atoms with Gasteiger partial charge in [0.25, 0.3) is 0 Å². The largest absolute Gasteiger partial charge is 0.352 e. The van der Waals surface area contributed by atoms with Crippen molar-refractivity contribution >= 4 is 38.7 Å². The van der Waals surface area contributed by atoms with Gasteiger partial charge in [0.1, 0.15) is 0 Å². The van der Waals surface area contributed by atoms with Crippen LogP contribution in [0, 0.1) is 12.8 Å². The molecule has 2 saturated heterocycles. The summed E-state index contributed by atoms with van der Waals surface area (Å²) in [5.74, 6) is -0.480. The molecule has 0 bridgehead atoms. The van der Waals surface area contributed by atoms with Crippen LogP contribution in [0.15, 0.2) is 41.8 Å². The number of aryl methyl sites for hydroxylation is 1. The van der Waals surface area contributed by atoms with Crippen molar-refractivity contribution in [3.05, 3.63) is 52.2 Å². The maximum atomic E-state index is 13.2. The van der Waals surface area contributed by atoms with Crippen molar-refractivity contribution in [1.82, 2.24) is 5.32 Å². The molecule has 2 aromatic rings. The zero-order chi connectivity index (χ0) is 20.6. The Morgan fingerprint density at radius 3 is 2.55 bits per heavy atom. The van der Waals surface area contributed by atoms with Gasteiger partial charge in [-0.1, -0.05) is 23.8 Å². The summed E-state index contributed by atoms with van der Waals surface area (Å²) in [7, 11) is -3.07. The number of carbonyl (C=O) groups excluding carboxylic acids is 2. The van der Waals surface area contributed by atoms with E-state index >= 15 is 0 Å². The first-order chi connectivity index (χ1) is 13.8. The molecule has 154 valence electrons. The smallest absolute Gasteiger partial charge is 0.227 e. The molecule has 4 rings (SSSR count). The second-order valence-corrected chi connectivity index (χ2v) is 11.0.